The molecule has 8 nitrogen and oxygen atoms in total. The summed E-state index contributed by atoms with van der Waals surface area (Å²) in [6.45, 7) is 7.41. The number of nitriles is 1. The van der Waals surface area contributed by atoms with E-state index in [2.05, 4.69) is 57.6 Å². The smallest absolute Gasteiger partial charge is 0.241 e. The van der Waals surface area contributed by atoms with Gasteiger partial charge in [0.1, 0.15) is 6.04 Å². The summed E-state index contributed by atoms with van der Waals surface area (Å²) in [6.07, 6.45) is 4.83. The zero-order chi connectivity index (χ0) is 27.1. The molecule has 2 heterocycles. The number of nitrogens with one attached hydrogen (secondary N) is 1. The summed E-state index contributed by atoms with van der Waals surface area (Å²) >= 11 is 0. The second kappa shape index (κ2) is 13.0. The van der Waals surface area contributed by atoms with Crippen molar-refractivity contribution in [3.63, 3.8) is 0 Å². The standard InChI is InChI=1S/C31H41N5O3/c32-21-28(34-30(37)31(33)12-2-1-3-13-31)20-24-4-8-26(9-5-24)27-10-6-25(7-11-27)22-35-14-16-36(17-15-35)23-29-38-18-19-39-29/h4-11,28-29H,1-3,12-20,22-23,33H2,(H,34,37). The molecule has 0 radical (unpaired) electrons. The van der Waals surface area contributed by atoms with Crippen molar-refractivity contribution in [1.29, 1.82) is 5.26 Å². The first-order chi connectivity index (χ1) is 19.0. The molecule has 0 aromatic heterocycles. The topological polar surface area (TPSA) is 104 Å². The predicted octanol–water partition coefficient (Wildman–Crippen LogP) is 3.06. The predicted molar refractivity (Wildman–Crippen MR) is 151 cm³/mol. The van der Waals surface area contributed by atoms with Gasteiger partial charge in [0, 0.05) is 45.7 Å². The molecular formula is C31H41N5O3. The maximum atomic E-state index is 12.7. The van der Waals surface area contributed by atoms with E-state index in [9.17, 15) is 10.1 Å². The summed E-state index contributed by atoms with van der Waals surface area (Å²) in [7, 11) is 0. The summed E-state index contributed by atoms with van der Waals surface area (Å²) in [4.78, 5) is 17.7. The van der Waals surface area contributed by atoms with Crippen LogP contribution in [0.5, 0.6) is 0 Å². The molecule has 3 fully saturated rings. The Balaban J connectivity index is 1.09. The van der Waals surface area contributed by atoms with E-state index in [4.69, 9.17) is 15.2 Å². The lowest BCUT2D eigenvalue weighted by Gasteiger charge is -2.35. The van der Waals surface area contributed by atoms with Crippen molar-refractivity contribution in [1.82, 2.24) is 15.1 Å². The fraction of sp³-hybridized carbons (Fsp3) is 0.548. The Labute approximate surface area is 232 Å². The van der Waals surface area contributed by atoms with E-state index in [1.807, 2.05) is 12.1 Å². The van der Waals surface area contributed by atoms with Crippen molar-refractivity contribution in [2.45, 2.75) is 62.9 Å². The second-order valence-electron chi connectivity index (χ2n) is 11.2. The van der Waals surface area contributed by atoms with E-state index in [1.54, 1.807) is 0 Å². The minimum atomic E-state index is -0.836. The van der Waals surface area contributed by atoms with E-state index in [1.165, 1.54) is 11.1 Å². The highest BCUT2D eigenvalue weighted by Gasteiger charge is 2.36. The van der Waals surface area contributed by atoms with Crippen LogP contribution < -0.4 is 11.1 Å². The molecule has 2 aromatic rings. The van der Waals surface area contributed by atoms with Gasteiger partial charge in [0.2, 0.25) is 5.91 Å². The zero-order valence-corrected chi connectivity index (χ0v) is 22.8. The lowest BCUT2D eigenvalue weighted by molar-refractivity contribution is -0.127. The van der Waals surface area contributed by atoms with Crippen LogP contribution in [-0.2, 0) is 27.2 Å². The van der Waals surface area contributed by atoms with Gasteiger partial charge in [0.05, 0.1) is 24.8 Å². The molecule has 2 saturated heterocycles. The van der Waals surface area contributed by atoms with Crippen LogP contribution in [-0.4, -0.2) is 79.5 Å². The van der Waals surface area contributed by atoms with Gasteiger partial charge in [-0.25, -0.2) is 0 Å². The molecule has 0 bridgehead atoms. The third-order valence-electron chi connectivity index (χ3n) is 8.31. The Kier molecular flexibility index (Phi) is 9.28. The minimum Gasteiger partial charge on any atom is -0.349 e. The molecule has 5 rings (SSSR count). The first-order valence-corrected chi connectivity index (χ1v) is 14.4. The normalized spacial score (nSPS) is 21.3. The molecule has 1 saturated carbocycles. The Morgan fingerprint density at radius 1 is 0.923 bits per heavy atom. The van der Waals surface area contributed by atoms with E-state index in [0.29, 0.717) is 32.5 Å². The monoisotopic (exact) mass is 531 g/mol. The number of carbonyl (C=O) groups excluding carboxylic acids is 1. The highest BCUT2D eigenvalue weighted by molar-refractivity contribution is 5.86. The maximum absolute atomic E-state index is 12.7. The number of rotatable bonds is 9. The highest BCUT2D eigenvalue weighted by Crippen LogP contribution is 2.26. The van der Waals surface area contributed by atoms with Crippen LogP contribution in [0.3, 0.4) is 0 Å². The molecule has 1 unspecified atom stereocenters. The van der Waals surface area contributed by atoms with Crippen LogP contribution in [0.15, 0.2) is 48.5 Å². The van der Waals surface area contributed by atoms with Crippen molar-refractivity contribution < 1.29 is 14.3 Å². The van der Waals surface area contributed by atoms with Gasteiger partial charge in [0.15, 0.2) is 6.29 Å². The molecule has 8 heteroatoms. The Morgan fingerprint density at radius 3 is 2.08 bits per heavy atom. The molecule has 2 aliphatic heterocycles. The van der Waals surface area contributed by atoms with Gasteiger partial charge >= 0.3 is 0 Å². The van der Waals surface area contributed by atoms with Crippen molar-refractivity contribution in [2.24, 2.45) is 5.73 Å². The average Bonchev–Trinajstić information content (AvgIpc) is 3.48. The van der Waals surface area contributed by atoms with Gasteiger partial charge in [-0.3, -0.25) is 14.6 Å². The van der Waals surface area contributed by atoms with Gasteiger partial charge in [-0.1, -0.05) is 67.8 Å². The third kappa shape index (κ3) is 7.44. The Bertz CT molecular complexity index is 1110. The molecule has 1 amide bonds. The number of carbonyl (C=O) groups is 1. The van der Waals surface area contributed by atoms with Gasteiger partial charge in [-0.05, 0) is 35.1 Å². The molecule has 1 atom stereocenters. The number of nitrogens with two attached hydrogens (primary N) is 1. The molecule has 39 heavy (non-hydrogen) atoms. The molecule has 3 aliphatic rings. The first kappa shape index (κ1) is 27.8. The van der Waals surface area contributed by atoms with Crippen LogP contribution >= 0.6 is 0 Å². The molecule has 1 aliphatic carbocycles. The van der Waals surface area contributed by atoms with Gasteiger partial charge in [-0.2, -0.15) is 5.26 Å². The van der Waals surface area contributed by atoms with Gasteiger partial charge in [0.25, 0.3) is 0 Å². The van der Waals surface area contributed by atoms with Crippen LogP contribution in [0.4, 0.5) is 0 Å². The summed E-state index contributed by atoms with van der Waals surface area (Å²) in [5.74, 6) is -0.194. The van der Waals surface area contributed by atoms with Gasteiger partial charge < -0.3 is 20.5 Å². The van der Waals surface area contributed by atoms with Crippen molar-refractivity contribution in [2.75, 3.05) is 45.9 Å². The number of ether oxygens (including phenoxy) is 2. The van der Waals surface area contributed by atoms with Crippen molar-refractivity contribution >= 4 is 5.91 Å². The van der Waals surface area contributed by atoms with Crippen LogP contribution in [0.25, 0.3) is 11.1 Å². The number of benzene rings is 2. The molecule has 2 aromatic carbocycles. The summed E-state index contributed by atoms with van der Waals surface area (Å²) in [5.41, 5.74) is 10.1. The maximum Gasteiger partial charge on any atom is 0.241 e. The fourth-order valence-electron chi connectivity index (χ4n) is 5.82. The van der Waals surface area contributed by atoms with Crippen LogP contribution in [0.1, 0.15) is 43.2 Å². The Morgan fingerprint density at radius 2 is 1.49 bits per heavy atom. The molecule has 208 valence electrons. The average molecular weight is 532 g/mol. The minimum absolute atomic E-state index is 0.0586. The largest absolute Gasteiger partial charge is 0.349 e. The number of hydrogen-bond donors (Lipinski definition) is 2. The van der Waals surface area contributed by atoms with Crippen molar-refractivity contribution in [3.8, 4) is 17.2 Å². The van der Waals surface area contributed by atoms with Crippen molar-refractivity contribution in [3.05, 3.63) is 59.7 Å². The quantitative estimate of drug-likeness (QED) is 0.513. The summed E-state index contributed by atoms with van der Waals surface area (Å²) in [5, 5.41) is 12.5. The number of nitrogens with zero attached hydrogens (tertiary/aromatic N) is 3. The van der Waals surface area contributed by atoms with Crippen LogP contribution in [0.2, 0.25) is 0 Å². The summed E-state index contributed by atoms with van der Waals surface area (Å²) in [6, 6.07) is 18.7. The van der Waals surface area contributed by atoms with E-state index in [-0.39, 0.29) is 12.2 Å². The Hall–Kier alpha value is -2.80. The van der Waals surface area contributed by atoms with E-state index >= 15 is 0 Å². The molecule has 3 N–H and O–H groups in total. The van der Waals surface area contributed by atoms with Crippen LogP contribution in [0, 0.1) is 11.3 Å². The number of amides is 1. The third-order valence-corrected chi connectivity index (χ3v) is 8.31. The lowest BCUT2D eigenvalue weighted by Crippen LogP contribution is -2.57. The van der Waals surface area contributed by atoms with E-state index in [0.717, 1.165) is 69.7 Å². The lowest BCUT2D eigenvalue weighted by atomic mass is 9.81. The molecular weight excluding hydrogens is 490 g/mol. The zero-order valence-electron chi connectivity index (χ0n) is 22.8. The fourth-order valence-corrected chi connectivity index (χ4v) is 5.82. The number of hydrogen-bond acceptors (Lipinski definition) is 7. The van der Waals surface area contributed by atoms with Gasteiger partial charge in [-0.15, -0.1) is 0 Å². The summed E-state index contributed by atoms with van der Waals surface area (Å²) < 4.78 is 11.2. The first-order valence-electron chi connectivity index (χ1n) is 14.4. The highest BCUT2D eigenvalue weighted by atomic mass is 16.7. The molecule has 0 spiro atoms. The second-order valence-corrected chi connectivity index (χ2v) is 11.2. The number of piperazine rings is 1. The van der Waals surface area contributed by atoms with E-state index < -0.39 is 11.6 Å². The SMILES string of the molecule is N#CC(Cc1ccc(-c2ccc(CN3CCN(CC4OCCO4)CC3)cc2)cc1)NC(=O)C1(N)CCCCC1.